The van der Waals surface area contributed by atoms with Gasteiger partial charge in [0.15, 0.2) is 0 Å². The van der Waals surface area contributed by atoms with E-state index in [1.54, 1.807) is 0 Å². The minimum Gasteiger partial charge on any atom is -0.198 e. The molecule has 0 saturated heterocycles. The molecule has 0 aliphatic heterocycles. The third-order valence-electron chi connectivity index (χ3n) is 2.95. The first-order valence-corrected chi connectivity index (χ1v) is 7.28. The highest BCUT2D eigenvalue weighted by Crippen LogP contribution is 2.37. The molecule has 2 rings (SSSR count). The van der Waals surface area contributed by atoms with Gasteiger partial charge in [-0.3, -0.25) is 0 Å². The van der Waals surface area contributed by atoms with Crippen LogP contribution in [0.2, 0.25) is 0 Å². The molecule has 0 spiro atoms. The highest BCUT2D eigenvalue weighted by atomic mass is 79.9. The van der Waals surface area contributed by atoms with Crippen molar-refractivity contribution in [3.8, 4) is 6.07 Å². The lowest BCUT2D eigenvalue weighted by Crippen LogP contribution is -2.20. The number of rotatable bonds is 2. The van der Waals surface area contributed by atoms with Crippen LogP contribution in [-0.2, 0) is 0 Å². The van der Waals surface area contributed by atoms with Crippen molar-refractivity contribution in [1.29, 1.82) is 5.26 Å². The molecule has 0 radical (unpaired) electrons. The summed E-state index contributed by atoms with van der Waals surface area (Å²) < 4.78 is 1.11. The van der Waals surface area contributed by atoms with Crippen LogP contribution in [0.25, 0.3) is 0 Å². The summed E-state index contributed by atoms with van der Waals surface area (Å²) in [4.78, 5) is 1.27. The van der Waals surface area contributed by atoms with Crippen molar-refractivity contribution in [2.45, 2.75) is 35.8 Å². The zero-order valence-corrected chi connectivity index (χ0v) is 11.4. The molecule has 1 saturated carbocycles. The molecule has 1 fully saturated rings. The van der Waals surface area contributed by atoms with Gasteiger partial charge in [0.25, 0.3) is 0 Å². The molecule has 2 atom stereocenters. The second-order valence-electron chi connectivity index (χ2n) is 4.13. The van der Waals surface area contributed by atoms with Crippen molar-refractivity contribution in [3.63, 3.8) is 0 Å². The maximum absolute atomic E-state index is 9.12. The highest BCUT2D eigenvalue weighted by Gasteiger charge is 2.25. The topological polar surface area (TPSA) is 23.8 Å². The Morgan fingerprint density at radius 3 is 2.88 bits per heavy atom. The van der Waals surface area contributed by atoms with Crippen LogP contribution >= 0.6 is 27.7 Å². The van der Waals surface area contributed by atoms with E-state index in [0.29, 0.717) is 5.25 Å². The second kappa shape index (κ2) is 5.75. The Kier molecular flexibility index (Phi) is 4.31. The van der Waals surface area contributed by atoms with Gasteiger partial charge in [-0.2, -0.15) is 5.26 Å². The van der Waals surface area contributed by atoms with Gasteiger partial charge in [-0.15, -0.1) is 11.8 Å². The zero-order chi connectivity index (χ0) is 11.4. The molecule has 0 heterocycles. The lowest BCUT2D eigenvalue weighted by molar-refractivity contribution is 0.439. The van der Waals surface area contributed by atoms with Crippen LogP contribution in [0.3, 0.4) is 0 Å². The van der Waals surface area contributed by atoms with Crippen LogP contribution in [0.1, 0.15) is 25.7 Å². The fourth-order valence-corrected chi connectivity index (χ4v) is 4.00. The minimum atomic E-state index is 0.234. The average Bonchev–Trinajstić information content (AvgIpc) is 2.30. The summed E-state index contributed by atoms with van der Waals surface area (Å²) in [6, 6.07) is 10.8. The molecule has 0 bridgehead atoms. The van der Waals surface area contributed by atoms with E-state index in [9.17, 15) is 0 Å². The number of halogens is 1. The van der Waals surface area contributed by atoms with E-state index in [2.05, 4.69) is 40.2 Å². The largest absolute Gasteiger partial charge is 0.198 e. The summed E-state index contributed by atoms with van der Waals surface area (Å²) in [5, 5.41) is 9.60. The van der Waals surface area contributed by atoms with Crippen molar-refractivity contribution in [1.82, 2.24) is 0 Å². The fourth-order valence-electron chi connectivity index (χ4n) is 2.10. The quantitative estimate of drug-likeness (QED) is 0.795. The van der Waals surface area contributed by atoms with E-state index >= 15 is 0 Å². The van der Waals surface area contributed by atoms with Crippen molar-refractivity contribution >= 4 is 27.7 Å². The standard InChI is InChI=1S/C13H14BrNS/c14-11-5-3-6-12(8-11)16-13-7-2-1-4-10(13)9-15/h3,5-6,8,10,13H,1-2,4,7H2. The Hall–Kier alpha value is -0.460. The maximum Gasteiger partial charge on any atom is 0.0667 e. The van der Waals surface area contributed by atoms with Crippen LogP contribution < -0.4 is 0 Å². The van der Waals surface area contributed by atoms with E-state index in [0.717, 1.165) is 10.9 Å². The summed E-state index contributed by atoms with van der Waals surface area (Å²) in [5.41, 5.74) is 0. The van der Waals surface area contributed by atoms with Gasteiger partial charge < -0.3 is 0 Å². The molecule has 2 unspecified atom stereocenters. The van der Waals surface area contributed by atoms with Gasteiger partial charge in [-0.25, -0.2) is 0 Å². The molecule has 1 aliphatic carbocycles. The molecule has 1 aromatic carbocycles. The second-order valence-corrected chi connectivity index (χ2v) is 6.36. The number of benzene rings is 1. The SMILES string of the molecule is N#CC1CCCCC1Sc1cccc(Br)c1. The van der Waals surface area contributed by atoms with Crippen LogP contribution in [0.5, 0.6) is 0 Å². The summed E-state index contributed by atoms with van der Waals surface area (Å²) in [6.07, 6.45) is 4.73. The molecule has 16 heavy (non-hydrogen) atoms. The normalized spacial score (nSPS) is 25.0. The van der Waals surface area contributed by atoms with Gasteiger partial charge in [0.2, 0.25) is 0 Å². The first-order chi connectivity index (χ1) is 7.79. The average molecular weight is 296 g/mol. The van der Waals surface area contributed by atoms with Crippen LogP contribution in [0.15, 0.2) is 33.6 Å². The first-order valence-electron chi connectivity index (χ1n) is 5.61. The maximum atomic E-state index is 9.12. The number of hydrogen-bond acceptors (Lipinski definition) is 2. The van der Waals surface area contributed by atoms with E-state index in [4.69, 9.17) is 5.26 Å². The van der Waals surface area contributed by atoms with Gasteiger partial charge in [0, 0.05) is 14.6 Å². The van der Waals surface area contributed by atoms with Crippen molar-refractivity contribution in [2.24, 2.45) is 5.92 Å². The number of nitrogens with zero attached hydrogens (tertiary/aromatic N) is 1. The third-order valence-corrected chi connectivity index (χ3v) is 4.84. The van der Waals surface area contributed by atoms with Crippen LogP contribution in [0, 0.1) is 17.2 Å². The summed E-state index contributed by atoms with van der Waals surface area (Å²) >= 11 is 5.34. The van der Waals surface area contributed by atoms with Gasteiger partial charge in [0.05, 0.1) is 12.0 Å². The fraction of sp³-hybridized carbons (Fsp3) is 0.462. The third kappa shape index (κ3) is 3.02. The lowest BCUT2D eigenvalue weighted by atomic mass is 9.90. The summed E-state index contributed by atoms with van der Waals surface area (Å²) in [7, 11) is 0. The molecule has 0 aromatic heterocycles. The van der Waals surface area contributed by atoms with Gasteiger partial charge in [0.1, 0.15) is 0 Å². The van der Waals surface area contributed by atoms with E-state index in [1.165, 1.54) is 24.2 Å². The van der Waals surface area contributed by atoms with Crippen molar-refractivity contribution < 1.29 is 0 Å². The number of nitriles is 1. The Labute approximate surface area is 109 Å². The van der Waals surface area contributed by atoms with Crippen molar-refractivity contribution in [3.05, 3.63) is 28.7 Å². The summed E-state index contributed by atoms with van der Waals surface area (Å²) in [6.45, 7) is 0. The molecular weight excluding hydrogens is 282 g/mol. The van der Waals surface area contributed by atoms with E-state index < -0.39 is 0 Å². The zero-order valence-electron chi connectivity index (χ0n) is 9.03. The highest BCUT2D eigenvalue weighted by molar-refractivity contribution is 9.10. The van der Waals surface area contributed by atoms with Gasteiger partial charge in [-0.05, 0) is 31.0 Å². The van der Waals surface area contributed by atoms with E-state index in [-0.39, 0.29) is 5.92 Å². The molecule has 0 amide bonds. The lowest BCUT2D eigenvalue weighted by Gasteiger charge is -2.26. The number of hydrogen-bond donors (Lipinski definition) is 0. The van der Waals surface area contributed by atoms with Gasteiger partial charge in [-0.1, -0.05) is 34.8 Å². The predicted octanol–water partition coefficient (Wildman–Crippen LogP) is 4.62. The molecule has 1 aromatic rings. The molecule has 3 heteroatoms. The van der Waals surface area contributed by atoms with Crippen LogP contribution in [-0.4, -0.2) is 5.25 Å². The Morgan fingerprint density at radius 2 is 2.12 bits per heavy atom. The van der Waals surface area contributed by atoms with Crippen molar-refractivity contribution in [2.75, 3.05) is 0 Å². The monoisotopic (exact) mass is 295 g/mol. The Balaban J connectivity index is 2.05. The molecule has 0 N–H and O–H groups in total. The molecule has 1 aliphatic rings. The predicted molar refractivity (Wildman–Crippen MR) is 71.4 cm³/mol. The Bertz CT molecular complexity index is 399. The minimum absolute atomic E-state index is 0.234. The molecule has 1 nitrogen and oxygen atoms in total. The van der Waals surface area contributed by atoms with Crippen LogP contribution in [0.4, 0.5) is 0 Å². The molecular formula is C13H14BrNS. The number of thioether (sulfide) groups is 1. The Morgan fingerprint density at radius 1 is 1.31 bits per heavy atom. The van der Waals surface area contributed by atoms with E-state index in [1.807, 2.05) is 17.8 Å². The first kappa shape index (κ1) is 12.0. The smallest absolute Gasteiger partial charge is 0.0667 e. The summed E-state index contributed by atoms with van der Waals surface area (Å²) in [5.74, 6) is 0.234. The van der Waals surface area contributed by atoms with Gasteiger partial charge >= 0.3 is 0 Å². The molecule has 84 valence electrons.